The Hall–Kier alpha value is -2.10. The van der Waals surface area contributed by atoms with Crippen LogP contribution in [0.15, 0.2) is 41.3 Å². The summed E-state index contributed by atoms with van der Waals surface area (Å²) in [5.74, 6) is 0. The number of rotatable bonds is 4. The first-order chi connectivity index (χ1) is 9.44. The van der Waals surface area contributed by atoms with Gasteiger partial charge in [0, 0.05) is 18.4 Å². The quantitative estimate of drug-likeness (QED) is 0.930. The molecule has 0 aliphatic heterocycles. The van der Waals surface area contributed by atoms with Crippen LogP contribution in [-0.2, 0) is 23.6 Å². The fraction of sp³-hybridized carbons (Fsp3) is 0.214. The molecule has 1 N–H and O–H groups in total. The maximum absolute atomic E-state index is 12.1. The van der Waals surface area contributed by atoms with Crippen LogP contribution in [-0.4, -0.2) is 13.0 Å². The molecule has 0 saturated carbocycles. The summed E-state index contributed by atoms with van der Waals surface area (Å²) in [5.41, 5.74) is 2.39. The van der Waals surface area contributed by atoms with Gasteiger partial charge in [-0.25, -0.2) is 13.1 Å². The van der Waals surface area contributed by atoms with Gasteiger partial charge in [0.1, 0.15) is 0 Å². The highest BCUT2D eigenvalue weighted by Crippen LogP contribution is 2.12. The molecule has 0 bridgehead atoms. The molecule has 0 unspecified atom stereocenters. The maximum Gasteiger partial charge on any atom is 0.240 e. The number of nitriles is 1. The number of sulfonamides is 1. The highest BCUT2D eigenvalue weighted by molar-refractivity contribution is 7.89. The second kappa shape index (κ2) is 5.49. The van der Waals surface area contributed by atoms with Gasteiger partial charge in [-0.1, -0.05) is 0 Å². The molecule has 104 valence electrons. The normalized spacial score (nSPS) is 11.2. The minimum absolute atomic E-state index is 0.155. The molecular formula is C14H15N3O2S. The van der Waals surface area contributed by atoms with Gasteiger partial charge >= 0.3 is 0 Å². The van der Waals surface area contributed by atoms with E-state index in [1.807, 2.05) is 36.7 Å². The highest BCUT2D eigenvalue weighted by Gasteiger charge is 2.14. The molecule has 0 saturated heterocycles. The van der Waals surface area contributed by atoms with Crippen LogP contribution in [0.25, 0.3) is 0 Å². The molecule has 0 amide bonds. The first-order valence-electron chi connectivity index (χ1n) is 6.05. The van der Waals surface area contributed by atoms with Gasteiger partial charge in [0.05, 0.1) is 23.1 Å². The zero-order valence-corrected chi connectivity index (χ0v) is 12.1. The van der Waals surface area contributed by atoms with Crippen molar-refractivity contribution in [3.05, 3.63) is 53.3 Å². The minimum atomic E-state index is -3.56. The summed E-state index contributed by atoms with van der Waals surface area (Å²) >= 11 is 0. The van der Waals surface area contributed by atoms with Crippen molar-refractivity contribution in [3.8, 4) is 6.07 Å². The van der Waals surface area contributed by atoms with Crippen LogP contribution in [0, 0.1) is 18.3 Å². The second-order valence-corrected chi connectivity index (χ2v) is 6.25. The van der Waals surface area contributed by atoms with Crippen LogP contribution < -0.4 is 4.72 Å². The molecule has 0 atom stereocenters. The van der Waals surface area contributed by atoms with Gasteiger partial charge in [-0.2, -0.15) is 5.26 Å². The SMILES string of the molecule is Cc1ccc(CNS(=O)(=O)c2ccc(C#N)cc2)n1C. The number of hydrogen-bond acceptors (Lipinski definition) is 3. The van der Waals surface area contributed by atoms with Crippen LogP contribution in [0.2, 0.25) is 0 Å². The lowest BCUT2D eigenvalue weighted by atomic mass is 10.2. The molecular weight excluding hydrogens is 274 g/mol. The van der Waals surface area contributed by atoms with E-state index in [1.54, 1.807) is 0 Å². The molecule has 1 aromatic carbocycles. The van der Waals surface area contributed by atoms with E-state index < -0.39 is 10.0 Å². The van der Waals surface area contributed by atoms with Gasteiger partial charge in [0.2, 0.25) is 10.0 Å². The molecule has 0 radical (unpaired) electrons. The molecule has 6 heteroatoms. The van der Waals surface area contributed by atoms with Crippen LogP contribution in [0.5, 0.6) is 0 Å². The Morgan fingerprint density at radius 3 is 2.35 bits per heavy atom. The van der Waals surface area contributed by atoms with Gasteiger partial charge in [-0.3, -0.25) is 0 Å². The lowest BCUT2D eigenvalue weighted by Crippen LogP contribution is -2.24. The topological polar surface area (TPSA) is 74.9 Å². The monoisotopic (exact) mass is 289 g/mol. The molecule has 2 rings (SSSR count). The molecule has 20 heavy (non-hydrogen) atoms. The Bertz CT molecular complexity index is 753. The predicted octanol–water partition coefficient (Wildman–Crippen LogP) is 1.68. The smallest absolute Gasteiger partial charge is 0.240 e. The third-order valence-electron chi connectivity index (χ3n) is 3.21. The van der Waals surface area contributed by atoms with Crippen LogP contribution >= 0.6 is 0 Å². The minimum Gasteiger partial charge on any atom is -0.351 e. The number of aromatic nitrogens is 1. The lowest BCUT2D eigenvalue weighted by Gasteiger charge is -2.08. The third kappa shape index (κ3) is 2.90. The van der Waals surface area contributed by atoms with Crippen molar-refractivity contribution >= 4 is 10.0 Å². The van der Waals surface area contributed by atoms with Crippen molar-refractivity contribution < 1.29 is 8.42 Å². The number of benzene rings is 1. The Morgan fingerprint density at radius 2 is 1.85 bits per heavy atom. The maximum atomic E-state index is 12.1. The predicted molar refractivity (Wildman–Crippen MR) is 75.3 cm³/mol. The third-order valence-corrected chi connectivity index (χ3v) is 4.63. The van der Waals surface area contributed by atoms with E-state index >= 15 is 0 Å². The summed E-state index contributed by atoms with van der Waals surface area (Å²) < 4.78 is 28.7. The molecule has 1 heterocycles. The van der Waals surface area contributed by atoms with Gasteiger partial charge < -0.3 is 4.57 Å². The highest BCUT2D eigenvalue weighted by atomic mass is 32.2. The van der Waals surface area contributed by atoms with Crippen molar-refractivity contribution in [1.29, 1.82) is 5.26 Å². The summed E-state index contributed by atoms with van der Waals surface area (Å²) in [6.45, 7) is 2.19. The van der Waals surface area contributed by atoms with E-state index in [0.717, 1.165) is 11.4 Å². The summed E-state index contributed by atoms with van der Waals surface area (Å²) in [4.78, 5) is 0.155. The van der Waals surface area contributed by atoms with Crippen LogP contribution in [0.1, 0.15) is 17.0 Å². The molecule has 0 aliphatic rings. The van der Waals surface area contributed by atoms with E-state index in [9.17, 15) is 8.42 Å². The van der Waals surface area contributed by atoms with Crippen molar-refractivity contribution in [2.45, 2.75) is 18.4 Å². The Balaban J connectivity index is 2.15. The first-order valence-corrected chi connectivity index (χ1v) is 7.53. The largest absolute Gasteiger partial charge is 0.351 e. The van der Waals surface area contributed by atoms with E-state index in [-0.39, 0.29) is 11.4 Å². The number of aryl methyl sites for hydroxylation is 1. The van der Waals surface area contributed by atoms with Crippen LogP contribution in [0.3, 0.4) is 0 Å². The number of nitrogens with zero attached hydrogens (tertiary/aromatic N) is 2. The number of nitrogens with one attached hydrogen (secondary N) is 1. The molecule has 0 fully saturated rings. The lowest BCUT2D eigenvalue weighted by molar-refractivity contribution is 0.579. The average molecular weight is 289 g/mol. The summed E-state index contributed by atoms with van der Waals surface area (Å²) in [6.07, 6.45) is 0. The standard InChI is InChI=1S/C14H15N3O2S/c1-11-3-6-13(17(11)2)10-16-20(18,19)14-7-4-12(9-15)5-8-14/h3-8,16H,10H2,1-2H3. The second-order valence-electron chi connectivity index (χ2n) is 4.49. The molecule has 2 aromatic rings. The zero-order valence-electron chi connectivity index (χ0n) is 11.3. The average Bonchev–Trinajstić information content (AvgIpc) is 2.77. The number of hydrogen-bond donors (Lipinski definition) is 1. The van der Waals surface area contributed by atoms with Crippen molar-refractivity contribution in [2.24, 2.45) is 7.05 Å². The van der Waals surface area contributed by atoms with E-state index in [0.29, 0.717) is 5.56 Å². The first kappa shape index (κ1) is 14.3. The molecule has 0 aliphatic carbocycles. The Kier molecular flexibility index (Phi) is 3.93. The fourth-order valence-electron chi connectivity index (χ4n) is 1.81. The van der Waals surface area contributed by atoms with Crippen molar-refractivity contribution in [3.63, 3.8) is 0 Å². The molecule has 5 nitrogen and oxygen atoms in total. The van der Waals surface area contributed by atoms with E-state index in [4.69, 9.17) is 5.26 Å². The van der Waals surface area contributed by atoms with Gasteiger partial charge in [-0.05, 0) is 43.3 Å². The van der Waals surface area contributed by atoms with Crippen molar-refractivity contribution in [1.82, 2.24) is 9.29 Å². The van der Waals surface area contributed by atoms with Crippen molar-refractivity contribution in [2.75, 3.05) is 0 Å². The van der Waals surface area contributed by atoms with E-state index in [1.165, 1.54) is 24.3 Å². The van der Waals surface area contributed by atoms with E-state index in [2.05, 4.69) is 4.72 Å². The fourth-order valence-corrected chi connectivity index (χ4v) is 2.80. The van der Waals surface area contributed by atoms with Gasteiger partial charge in [0.25, 0.3) is 0 Å². The van der Waals surface area contributed by atoms with Crippen LogP contribution in [0.4, 0.5) is 0 Å². The molecule has 1 aromatic heterocycles. The van der Waals surface area contributed by atoms with Gasteiger partial charge in [0.15, 0.2) is 0 Å². The van der Waals surface area contributed by atoms with Gasteiger partial charge in [-0.15, -0.1) is 0 Å². The zero-order chi connectivity index (χ0) is 14.8. The summed E-state index contributed by atoms with van der Waals surface area (Å²) in [6, 6.07) is 11.6. The summed E-state index contributed by atoms with van der Waals surface area (Å²) in [5, 5.41) is 8.70. The Labute approximate surface area is 118 Å². The summed E-state index contributed by atoms with van der Waals surface area (Å²) in [7, 11) is -1.67. The Morgan fingerprint density at radius 1 is 1.20 bits per heavy atom. The molecule has 0 spiro atoms.